The Balaban J connectivity index is 1.56. The van der Waals surface area contributed by atoms with Gasteiger partial charge in [-0.05, 0) is 37.7 Å². The Morgan fingerprint density at radius 2 is 2.06 bits per heavy atom. The summed E-state index contributed by atoms with van der Waals surface area (Å²) in [5.41, 5.74) is 1.26. The maximum absolute atomic E-state index is 6.03. The van der Waals surface area contributed by atoms with Crippen molar-refractivity contribution >= 4 is 17.3 Å². The standard InChI is InChI=1S/C14H20ClN3/c15-12-3-1-4-13(9-12)18-10-14(11-18)17-7-2-5-16-6-8-17/h1,3-4,9,14,16H,2,5-8,10-11H2. The first-order chi connectivity index (χ1) is 8.83. The monoisotopic (exact) mass is 265 g/mol. The Bertz CT molecular complexity index is 396. The predicted octanol–water partition coefficient (Wildman–Crippen LogP) is 1.82. The minimum atomic E-state index is 0.726. The van der Waals surface area contributed by atoms with Crippen LogP contribution in [0.25, 0.3) is 0 Å². The molecule has 0 unspecified atom stereocenters. The average Bonchev–Trinajstić information content (AvgIpc) is 2.56. The van der Waals surface area contributed by atoms with Gasteiger partial charge in [0.2, 0.25) is 0 Å². The van der Waals surface area contributed by atoms with Gasteiger partial charge in [-0.25, -0.2) is 0 Å². The van der Waals surface area contributed by atoms with Crippen LogP contribution in [0.15, 0.2) is 24.3 Å². The number of rotatable bonds is 2. The summed E-state index contributed by atoms with van der Waals surface area (Å²) in [5.74, 6) is 0. The molecule has 4 heteroatoms. The molecule has 1 N–H and O–H groups in total. The van der Waals surface area contributed by atoms with E-state index in [-0.39, 0.29) is 0 Å². The van der Waals surface area contributed by atoms with Crippen molar-refractivity contribution < 1.29 is 0 Å². The van der Waals surface area contributed by atoms with Crippen molar-refractivity contribution in [3.05, 3.63) is 29.3 Å². The normalized spacial score (nSPS) is 22.6. The van der Waals surface area contributed by atoms with Crippen molar-refractivity contribution in [1.82, 2.24) is 10.2 Å². The molecule has 98 valence electrons. The lowest BCUT2D eigenvalue weighted by Gasteiger charge is -2.46. The average molecular weight is 266 g/mol. The van der Waals surface area contributed by atoms with Gasteiger partial charge >= 0.3 is 0 Å². The third kappa shape index (κ3) is 2.63. The molecule has 0 bridgehead atoms. The molecule has 1 aromatic rings. The zero-order valence-corrected chi connectivity index (χ0v) is 11.4. The van der Waals surface area contributed by atoms with Crippen LogP contribution >= 0.6 is 11.6 Å². The maximum atomic E-state index is 6.03. The van der Waals surface area contributed by atoms with Gasteiger partial charge in [0.15, 0.2) is 0 Å². The summed E-state index contributed by atoms with van der Waals surface area (Å²) >= 11 is 6.03. The minimum absolute atomic E-state index is 0.726. The van der Waals surface area contributed by atoms with Crippen LogP contribution in [0.3, 0.4) is 0 Å². The quantitative estimate of drug-likeness (QED) is 0.880. The van der Waals surface area contributed by atoms with Crippen molar-refractivity contribution in [1.29, 1.82) is 0 Å². The van der Waals surface area contributed by atoms with Crippen molar-refractivity contribution in [2.45, 2.75) is 12.5 Å². The third-order valence-corrected chi connectivity index (χ3v) is 4.16. The molecule has 0 radical (unpaired) electrons. The first kappa shape index (κ1) is 12.3. The number of nitrogens with one attached hydrogen (secondary N) is 1. The number of halogens is 1. The van der Waals surface area contributed by atoms with E-state index >= 15 is 0 Å². The lowest BCUT2D eigenvalue weighted by Crippen LogP contribution is -2.60. The molecule has 18 heavy (non-hydrogen) atoms. The minimum Gasteiger partial charge on any atom is -0.368 e. The van der Waals surface area contributed by atoms with E-state index in [1.807, 2.05) is 12.1 Å². The number of nitrogens with zero attached hydrogens (tertiary/aromatic N) is 2. The summed E-state index contributed by atoms with van der Waals surface area (Å²) in [6.45, 7) is 7.00. The highest BCUT2D eigenvalue weighted by atomic mass is 35.5. The van der Waals surface area contributed by atoms with Crippen LogP contribution in [0, 0.1) is 0 Å². The molecular weight excluding hydrogens is 246 g/mol. The summed E-state index contributed by atoms with van der Waals surface area (Å²) in [6, 6.07) is 8.89. The van der Waals surface area contributed by atoms with E-state index in [9.17, 15) is 0 Å². The fourth-order valence-corrected chi connectivity index (χ4v) is 2.99. The van der Waals surface area contributed by atoms with Crippen LogP contribution in [0.2, 0.25) is 5.02 Å². The van der Waals surface area contributed by atoms with E-state index < -0.39 is 0 Å². The highest BCUT2D eigenvalue weighted by Crippen LogP contribution is 2.26. The Labute approximate surface area is 114 Å². The fraction of sp³-hybridized carbons (Fsp3) is 0.571. The van der Waals surface area contributed by atoms with E-state index in [1.54, 1.807) is 0 Å². The van der Waals surface area contributed by atoms with Gasteiger partial charge in [0, 0.05) is 42.9 Å². The van der Waals surface area contributed by atoms with E-state index in [2.05, 4.69) is 27.2 Å². The Hall–Kier alpha value is -0.770. The zero-order valence-electron chi connectivity index (χ0n) is 10.6. The SMILES string of the molecule is Clc1cccc(N2CC(N3CCCNCC3)C2)c1. The Morgan fingerprint density at radius 3 is 2.89 bits per heavy atom. The lowest BCUT2D eigenvalue weighted by atomic mass is 10.1. The van der Waals surface area contributed by atoms with Gasteiger partial charge in [0.25, 0.3) is 0 Å². The highest BCUT2D eigenvalue weighted by molar-refractivity contribution is 6.30. The molecule has 0 aliphatic carbocycles. The zero-order chi connectivity index (χ0) is 12.4. The summed E-state index contributed by atoms with van der Waals surface area (Å²) in [7, 11) is 0. The summed E-state index contributed by atoms with van der Waals surface area (Å²) in [6.07, 6.45) is 1.27. The number of hydrogen-bond acceptors (Lipinski definition) is 3. The van der Waals surface area contributed by atoms with Gasteiger partial charge < -0.3 is 10.2 Å². The predicted molar refractivity (Wildman–Crippen MR) is 76.5 cm³/mol. The Kier molecular flexibility index (Phi) is 3.73. The summed E-state index contributed by atoms with van der Waals surface area (Å²) in [5, 5.41) is 4.29. The smallest absolute Gasteiger partial charge is 0.0447 e. The first-order valence-electron chi connectivity index (χ1n) is 6.78. The van der Waals surface area contributed by atoms with Crippen LogP contribution < -0.4 is 10.2 Å². The van der Waals surface area contributed by atoms with Gasteiger partial charge in [-0.1, -0.05) is 17.7 Å². The number of anilines is 1. The van der Waals surface area contributed by atoms with Crippen LogP contribution in [0.4, 0.5) is 5.69 Å². The molecule has 1 aromatic carbocycles. The first-order valence-corrected chi connectivity index (χ1v) is 7.16. The topological polar surface area (TPSA) is 18.5 Å². The molecule has 0 saturated carbocycles. The Morgan fingerprint density at radius 1 is 1.17 bits per heavy atom. The van der Waals surface area contributed by atoms with Gasteiger partial charge in [0.1, 0.15) is 0 Å². The molecule has 3 nitrogen and oxygen atoms in total. The van der Waals surface area contributed by atoms with Crippen LogP contribution in [0.1, 0.15) is 6.42 Å². The van der Waals surface area contributed by atoms with Crippen LogP contribution in [0.5, 0.6) is 0 Å². The van der Waals surface area contributed by atoms with Crippen molar-refractivity contribution in [2.75, 3.05) is 44.2 Å². The second-order valence-electron chi connectivity index (χ2n) is 5.18. The fourth-order valence-electron chi connectivity index (χ4n) is 2.80. The molecule has 2 fully saturated rings. The van der Waals surface area contributed by atoms with Gasteiger partial charge in [-0.2, -0.15) is 0 Å². The molecule has 0 amide bonds. The highest BCUT2D eigenvalue weighted by Gasteiger charge is 2.31. The molecule has 0 aromatic heterocycles. The van der Waals surface area contributed by atoms with Gasteiger partial charge in [-0.3, -0.25) is 4.90 Å². The molecule has 2 heterocycles. The van der Waals surface area contributed by atoms with Gasteiger partial charge in [-0.15, -0.1) is 0 Å². The maximum Gasteiger partial charge on any atom is 0.0447 e. The number of hydrogen-bond donors (Lipinski definition) is 1. The van der Waals surface area contributed by atoms with Crippen molar-refractivity contribution in [2.24, 2.45) is 0 Å². The third-order valence-electron chi connectivity index (χ3n) is 3.93. The van der Waals surface area contributed by atoms with Gasteiger partial charge in [0.05, 0.1) is 0 Å². The largest absolute Gasteiger partial charge is 0.368 e. The van der Waals surface area contributed by atoms with E-state index in [1.165, 1.54) is 31.7 Å². The molecular formula is C14H20ClN3. The summed E-state index contributed by atoms with van der Waals surface area (Å²) < 4.78 is 0. The second-order valence-corrected chi connectivity index (χ2v) is 5.61. The van der Waals surface area contributed by atoms with Crippen LogP contribution in [-0.4, -0.2) is 50.2 Å². The molecule has 0 atom stereocenters. The van der Waals surface area contributed by atoms with Crippen LogP contribution in [-0.2, 0) is 0 Å². The van der Waals surface area contributed by atoms with E-state index in [4.69, 9.17) is 11.6 Å². The van der Waals surface area contributed by atoms with Crippen molar-refractivity contribution in [3.8, 4) is 0 Å². The molecule has 2 aliphatic rings. The summed E-state index contributed by atoms with van der Waals surface area (Å²) in [4.78, 5) is 5.04. The molecule has 3 rings (SSSR count). The van der Waals surface area contributed by atoms with Crippen molar-refractivity contribution in [3.63, 3.8) is 0 Å². The second kappa shape index (κ2) is 5.47. The molecule has 0 spiro atoms. The number of benzene rings is 1. The molecule has 2 saturated heterocycles. The van der Waals surface area contributed by atoms with E-state index in [0.29, 0.717) is 0 Å². The molecule has 2 aliphatic heterocycles. The lowest BCUT2D eigenvalue weighted by molar-refractivity contribution is 0.177. The van der Waals surface area contributed by atoms with E-state index in [0.717, 1.165) is 30.7 Å².